The molecule has 146 valence electrons. The van der Waals surface area contributed by atoms with Gasteiger partial charge in [0.2, 0.25) is 0 Å². The smallest absolute Gasteiger partial charge is 0.170 e. The Hall–Kier alpha value is -3.46. The van der Waals surface area contributed by atoms with Crippen LogP contribution in [-0.2, 0) is 11.3 Å². The second-order valence-electron chi connectivity index (χ2n) is 6.26. The SMILES string of the molecule is CN/C=C(\C=N)c1cnc(N)c(NC(C)c2ccc3ncc(COC)n3c2)n1. The summed E-state index contributed by atoms with van der Waals surface area (Å²) in [6, 6.07) is 3.89. The number of anilines is 2. The van der Waals surface area contributed by atoms with Crippen molar-refractivity contribution < 1.29 is 4.74 Å². The molecule has 0 spiro atoms. The minimum absolute atomic E-state index is 0.0780. The van der Waals surface area contributed by atoms with E-state index in [0.717, 1.165) is 16.9 Å². The van der Waals surface area contributed by atoms with E-state index < -0.39 is 0 Å². The normalized spacial score (nSPS) is 12.8. The van der Waals surface area contributed by atoms with Crippen LogP contribution in [0.2, 0.25) is 0 Å². The molecule has 0 aromatic carbocycles. The molecule has 3 heterocycles. The fourth-order valence-electron chi connectivity index (χ4n) is 2.84. The van der Waals surface area contributed by atoms with E-state index in [1.165, 1.54) is 6.21 Å². The Morgan fingerprint density at radius 2 is 2.18 bits per heavy atom. The molecule has 9 heteroatoms. The van der Waals surface area contributed by atoms with Crippen LogP contribution in [0.4, 0.5) is 11.6 Å². The third kappa shape index (κ3) is 3.94. The number of rotatable bonds is 8. The zero-order valence-corrected chi connectivity index (χ0v) is 16.1. The van der Waals surface area contributed by atoms with Gasteiger partial charge in [0.15, 0.2) is 11.6 Å². The Morgan fingerprint density at radius 3 is 2.89 bits per heavy atom. The largest absolute Gasteiger partial charge is 0.393 e. The second kappa shape index (κ2) is 8.49. The zero-order valence-electron chi connectivity index (χ0n) is 16.1. The number of ether oxygens (including phenoxy) is 1. The number of hydrogen-bond donors (Lipinski definition) is 4. The quantitative estimate of drug-likeness (QED) is 0.441. The van der Waals surface area contributed by atoms with Gasteiger partial charge in [0, 0.05) is 38.3 Å². The number of nitrogens with zero attached hydrogens (tertiary/aromatic N) is 4. The molecule has 3 aromatic heterocycles. The summed E-state index contributed by atoms with van der Waals surface area (Å²) >= 11 is 0. The number of hydrogen-bond acceptors (Lipinski definition) is 8. The van der Waals surface area contributed by atoms with Gasteiger partial charge in [-0.05, 0) is 18.6 Å². The van der Waals surface area contributed by atoms with E-state index >= 15 is 0 Å². The fraction of sp³-hybridized carbons (Fsp3) is 0.263. The highest BCUT2D eigenvalue weighted by atomic mass is 16.5. The van der Waals surface area contributed by atoms with Crippen molar-refractivity contribution in [2.75, 3.05) is 25.2 Å². The zero-order chi connectivity index (χ0) is 20.1. The highest BCUT2D eigenvalue weighted by Crippen LogP contribution is 2.23. The van der Waals surface area contributed by atoms with E-state index in [0.29, 0.717) is 29.5 Å². The predicted octanol–water partition coefficient (Wildman–Crippen LogP) is 2.24. The molecule has 0 bridgehead atoms. The highest BCUT2D eigenvalue weighted by Gasteiger charge is 2.13. The first-order chi connectivity index (χ1) is 13.6. The average molecular weight is 380 g/mol. The van der Waals surface area contributed by atoms with Crippen molar-refractivity contribution in [3.63, 3.8) is 0 Å². The van der Waals surface area contributed by atoms with Crippen molar-refractivity contribution in [2.24, 2.45) is 0 Å². The van der Waals surface area contributed by atoms with Gasteiger partial charge in [0.25, 0.3) is 0 Å². The summed E-state index contributed by atoms with van der Waals surface area (Å²) in [5.41, 5.74) is 10.0. The molecule has 0 saturated carbocycles. The lowest BCUT2D eigenvalue weighted by Gasteiger charge is -2.17. The number of nitrogens with one attached hydrogen (secondary N) is 3. The third-order valence-corrected chi connectivity index (χ3v) is 4.30. The standard InChI is InChI=1S/C19H24N8O/c1-12(13-4-5-17-23-8-15(11-28-3)27(17)10-13)25-19-18(21)24-9-16(26-19)14(6-20)7-22-2/h4-10,12,20,22H,11H2,1-3H3,(H2,21,24)(H,25,26)/b14-7+,20-6?. The van der Waals surface area contributed by atoms with Crippen molar-refractivity contribution in [3.05, 3.63) is 53.9 Å². The van der Waals surface area contributed by atoms with E-state index in [2.05, 4.69) is 25.6 Å². The molecular formula is C19H24N8O. The van der Waals surface area contributed by atoms with Crippen LogP contribution in [0.1, 0.15) is 29.9 Å². The van der Waals surface area contributed by atoms with E-state index in [-0.39, 0.29) is 6.04 Å². The fourth-order valence-corrected chi connectivity index (χ4v) is 2.84. The summed E-state index contributed by atoms with van der Waals surface area (Å²) in [5, 5.41) is 13.8. The molecule has 0 amide bonds. The lowest BCUT2D eigenvalue weighted by molar-refractivity contribution is 0.181. The van der Waals surface area contributed by atoms with E-state index in [1.54, 1.807) is 32.8 Å². The summed E-state index contributed by atoms with van der Waals surface area (Å²) in [7, 11) is 3.42. The van der Waals surface area contributed by atoms with Crippen molar-refractivity contribution >= 4 is 29.1 Å². The van der Waals surface area contributed by atoms with Crippen LogP contribution >= 0.6 is 0 Å². The van der Waals surface area contributed by atoms with Crippen LogP contribution in [-0.4, -0.2) is 39.7 Å². The van der Waals surface area contributed by atoms with Crippen LogP contribution in [0, 0.1) is 5.41 Å². The highest BCUT2D eigenvalue weighted by molar-refractivity contribution is 6.07. The molecule has 1 unspecified atom stereocenters. The van der Waals surface area contributed by atoms with E-state index in [4.69, 9.17) is 15.9 Å². The minimum atomic E-state index is -0.0780. The van der Waals surface area contributed by atoms with Gasteiger partial charge < -0.3 is 30.9 Å². The Morgan fingerprint density at radius 1 is 1.36 bits per heavy atom. The molecule has 0 fully saturated rings. The molecule has 28 heavy (non-hydrogen) atoms. The number of nitrogens with two attached hydrogens (primary N) is 1. The monoisotopic (exact) mass is 380 g/mol. The first-order valence-electron chi connectivity index (χ1n) is 8.79. The van der Waals surface area contributed by atoms with Crippen molar-refractivity contribution in [3.8, 4) is 0 Å². The summed E-state index contributed by atoms with van der Waals surface area (Å²) in [6.45, 7) is 2.50. The lowest BCUT2D eigenvalue weighted by Crippen LogP contribution is -2.13. The number of pyridine rings is 1. The molecule has 9 nitrogen and oxygen atoms in total. The van der Waals surface area contributed by atoms with Gasteiger partial charge in [0.05, 0.1) is 36.4 Å². The minimum Gasteiger partial charge on any atom is -0.393 e. The maximum Gasteiger partial charge on any atom is 0.170 e. The Balaban J connectivity index is 1.89. The molecular weight excluding hydrogens is 356 g/mol. The molecule has 0 saturated heterocycles. The maximum absolute atomic E-state index is 7.55. The van der Waals surface area contributed by atoms with Gasteiger partial charge in [-0.2, -0.15) is 0 Å². The van der Waals surface area contributed by atoms with Crippen molar-refractivity contribution in [1.82, 2.24) is 24.7 Å². The van der Waals surface area contributed by atoms with Gasteiger partial charge in [-0.25, -0.2) is 15.0 Å². The van der Waals surface area contributed by atoms with Gasteiger partial charge in [-0.1, -0.05) is 6.07 Å². The number of aromatic nitrogens is 4. The summed E-state index contributed by atoms with van der Waals surface area (Å²) in [6.07, 6.45) is 8.28. The van der Waals surface area contributed by atoms with Crippen LogP contribution in [0.3, 0.4) is 0 Å². The molecule has 1 atom stereocenters. The van der Waals surface area contributed by atoms with Crippen molar-refractivity contribution in [2.45, 2.75) is 19.6 Å². The molecule has 0 aliphatic carbocycles. The Labute approximate surface area is 163 Å². The van der Waals surface area contributed by atoms with Crippen LogP contribution in [0.5, 0.6) is 0 Å². The maximum atomic E-state index is 7.55. The van der Waals surface area contributed by atoms with Gasteiger partial charge in [0.1, 0.15) is 5.65 Å². The first kappa shape index (κ1) is 19.3. The molecule has 0 radical (unpaired) electrons. The van der Waals surface area contributed by atoms with Gasteiger partial charge in [-0.3, -0.25) is 0 Å². The van der Waals surface area contributed by atoms with Crippen LogP contribution in [0.15, 0.2) is 36.9 Å². The number of fused-ring (bicyclic) bond motifs is 1. The molecule has 3 rings (SSSR count). The van der Waals surface area contributed by atoms with Crippen LogP contribution in [0.25, 0.3) is 11.2 Å². The molecule has 0 aliphatic rings. The second-order valence-corrected chi connectivity index (χ2v) is 6.26. The number of methoxy groups -OCH3 is 1. The Bertz CT molecular complexity index is 1010. The van der Waals surface area contributed by atoms with Gasteiger partial charge >= 0.3 is 0 Å². The number of imidazole rings is 1. The lowest BCUT2D eigenvalue weighted by atomic mass is 10.1. The van der Waals surface area contributed by atoms with Crippen LogP contribution < -0.4 is 16.4 Å². The van der Waals surface area contributed by atoms with Crippen molar-refractivity contribution in [1.29, 1.82) is 5.41 Å². The molecule has 3 aromatic rings. The van der Waals surface area contributed by atoms with E-state index in [1.807, 2.05) is 29.7 Å². The average Bonchev–Trinajstić information content (AvgIpc) is 3.10. The Kier molecular flexibility index (Phi) is 5.85. The summed E-state index contributed by atoms with van der Waals surface area (Å²) in [5.74, 6) is 0.768. The summed E-state index contributed by atoms with van der Waals surface area (Å²) in [4.78, 5) is 13.1. The number of nitrogen functional groups attached to an aromatic ring is 1. The third-order valence-electron chi connectivity index (χ3n) is 4.30. The number of allylic oxidation sites excluding steroid dienone is 1. The van der Waals surface area contributed by atoms with E-state index in [9.17, 15) is 0 Å². The topological polar surface area (TPSA) is 126 Å². The first-order valence-corrected chi connectivity index (χ1v) is 8.79. The summed E-state index contributed by atoms with van der Waals surface area (Å²) < 4.78 is 7.24. The molecule has 0 aliphatic heterocycles. The predicted molar refractivity (Wildman–Crippen MR) is 110 cm³/mol. The van der Waals surface area contributed by atoms with Gasteiger partial charge in [-0.15, -0.1) is 0 Å². The molecule has 5 N–H and O–H groups in total.